The summed E-state index contributed by atoms with van der Waals surface area (Å²) >= 11 is 6.36. The van der Waals surface area contributed by atoms with Crippen LogP contribution in [0.2, 0.25) is 5.02 Å². The Kier molecular flexibility index (Phi) is 6.30. The fourth-order valence-electron chi connectivity index (χ4n) is 4.88. The van der Waals surface area contributed by atoms with Crippen LogP contribution < -0.4 is 21.3 Å². The van der Waals surface area contributed by atoms with Gasteiger partial charge in [-0.1, -0.05) is 23.7 Å². The minimum absolute atomic E-state index is 0.0435. The number of hydrogen-bond donors (Lipinski definition) is 4. The number of amides is 3. The van der Waals surface area contributed by atoms with Gasteiger partial charge in [0.2, 0.25) is 11.9 Å². The van der Waals surface area contributed by atoms with Crippen molar-refractivity contribution in [1.29, 1.82) is 0 Å². The van der Waals surface area contributed by atoms with Crippen LogP contribution in [0.3, 0.4) is 0 Å². The third-order valence-corrected chi connectivity index (χ3v) is 7.26. The lowest BCUT2D eigenvalue weighted by Crippen LogP contribution is -2.41. The molecule has 1 saturated heterocycles. The Bertz CT molecular complexity index is 1360. The third-order valence-electron chi connectivity index (χ3n) is 6.99. The Balaban J connectivity index is 1.21. The van der Waals surface area contributed by atoms with Crippen LogP contribution in [0, 0.1) is 5.92 Å². The normalized spacial score (nSPS) is 18.4. The van der Waals surface area contributed by atoms with E-state index in [1.54, 1.807) is 6.20 Å². The van der Waals surface area contributed by atoms with E-state index in [2.05, 4.69) is 43.4 Å². The number of fused-ring (bicyclic) bond motifs is 6. The number of likely N-dealkylation sites (tertiary alicyclic amines) is 1. The van der Waals surface area contributed by atoms with E-state index in [1.807, 2.05) is 35.2 Å². The number of carbonyl (C=O) groups excluding carboxylic acids is 2. The molecule has 190 valence electrons. The van der Waals surface area contributed by atoms with E-state index in [1.165, 1.54) is 0 Å². The Hall–Kier alpha value is -3.85. The highest BCUT2D eigenvalue weighted by atomic mass is 35.5. The zero-order chi connectivity index (χ0) is 25.4. The molecule has 4 N–H and O–H groups in total. The van der Waals surface area contributed by atoms with E-state index in [9.17, 15) is 9.59 Å². The minimum atomic E-state index is -0.264. The molecule has 1 aromatic heterocycles. The van der Waals surface area contributed by atoms with E-state index in [0.717, 1.165) is 60.3 Å². The summed E-state index contributed by atoms with van der Waals surface area (Å²) in [4.78, 5) is 36.0. The summed E-state index contributed by atoms with van der Waals surface area (Å²) in [5.41, 5.74) is 4.58. The molecular formula is C27H28ClN7O2. The van der Waals surface area contributed by atoms with Crippen molar-refractivity contribution in [3.8, 4) is 0 Å². The van der Waals surface area contributed by atoms with Gasteiger partial charge in [0.05, 0.1) is 6.20 Å². The second-order valence-electron chi connectivity index (χ2n) is 9.86. The van der Waals surface area contributed by atoms with E-state index < -0.39 is 0 Å². The number of nitrogens with zero attached hydrogens (tertiary/aromatic N) is 3. The molecule has 0 spiro atoms. The zero-order valence-electron chi connectivity index (χ0n) is 20.3. The van der Waals surface area contributed by atoms with Gasteiger partial charge < -0.3 is 26.2 Å². The van der Waals surface area contributed by atoms with Crippen LogP contribution >= 0.6 is 11.6 Å². The number of aromatic nitrogens is 2. The van der Waals surface area contributed by atoms with E-state index >= 15 is 0 Å². The van der Waals surface area contributed by atoms with Crippen molar-refractivity contribution in [2.45, 2.75) is 38.1 Å². The summed E-state index contributed by atoms with van der Waals surface area (Å²) in [6.07, 6.45) is 5.83. The molecule has 37 heavy (non-hydrogen) atoms. The first-order chi connectivity index (χ1) is 18.0. The maximum absolute atomic E-state index is 12.9. The summed E-state index contributed by atoms with van der Waals surface area (Å²) in [7, 11) is 0. The molecule has 1 aliphatic carbocycles. The fraction of sp³-hybridized carbons (Fsp3) is 0.333. The highest BCUT2D eigenvalue weighted by Crippen LogP contribution is 2.32. The van der Waals surface area contributed by atoms with E-state index in [0.29, 0.717) is 29.9 Å². The first kappa shape index (κ1) is 23.5. The van der Waals surface area contributed by atoms with Crippen LogP contribution in [0.25, 0.3) is 0 Å². The number of nitrogens with one attached hydrogen (secondary N) is 4. The number of anilines is 5. The van der Waals surface area contributed by atoms with Gasteiger partial charge in [0.25, 0.3) is 0 Å². The monoisotopic (exact) mass is 517 g/mol. The van der Waals surface area contributed by atoms with Crippen molar-refractivity contribution in [2.24, 2.45) is 5.92 Å². The van der Waals surface area contributed by atoms with Gasteiger partial charge in [0.1, 0.15) is 5.02 Å². The fourth-order valence-corrected chi connectivity index (χ4v) is 5.01. The quantitative estimate of drug-likeness (QED) is 0.395. The summed E-state index contributed by atoms with van der Waals surface area (Å²) in [5, 5.41) is 13.0. The van der Waals surface area contributed by atoms with Crippen molar-refractivity contribution >= 4 is 52.4 Å². The molecule has 2 fully saturated rings. The Morgan fingerprint density at radius 2 is 1.89 bits per heavy atom. The SMILES string of the molecule is O=C(Nc1ccc2cc1CCc1cccc(c1)Nc1ncc(Cl)c(n1)N2)N[C@H]1CCN(C(=O)C2CC2)C1. The molecule has 2 aliphatic heterocycles. The lowest BCUT2D eigenvalue weighted by Gasteiger charge is -2.18. The Morgan fingerprint density at radius 1 is 1.03 bits per heavy atom. The molecule has 0 unspecified atom stereocenters. The third kappa shape index (κ3) is 5.46. The number of halogens is 1. The second-order valence-corrected chi connectivity index (χ2v) is 10.3. The summed E-state index contributed by atoms with van der Waals surface area (Å²) < 4.78 is 0. The molecular weight excluding hydrogens is 490 g/mol. The molecule has 3 heterocycles. The molecule has 6 bridgehead atoms. The molecule has 1 atom stereocenters. The van der Waals surface area contributed by atoms with Gasteiger partial charge in [-0.15, -0.1) is 0 Å². The molecule has 3 aliphatic rings. The smallest absolute Gasteiger partial charge is 0.319 e. The molecule has 10 heteroatoms. The second kappa shape index (κ2) is 9.89. The van der Waals surface area contributed by atoms with Gasteiger partial charge in [-0.2, -0.15) is 4.98 Å². The lowest BCUT2D eigenvalue weighted by atomic mass is 10.0. The molecule has 6 rings (SSSR count). The first-order valence-corrected chi connectivity index (χ1v) is 13.0. The van der Waals surface area contributed by atoms with Crippen molar-refractivity contribution in [2.75, 3.05) is 29.0 Å². The first-order valence-electron chi connectivity index (χ1n) is 12.6. The van der Waals surface area contributed by atoms with Gasteiger partial charge in [0.15, 0.2) is 5.82 Å². The standard InChI is InChI=1S/C27H28ClN7O2/c28-22-14-29-26-31-19-3-1-2-16(12-19)4-5-18-13-20(30-24(22)34-26)8-9-23(18)33-27(37)32-21-10-11-35(15-21)25(36)17-6-7-17/h1-3,8-9,12-14,17,21H,4-7,10-11,15H2,(H2,32,33,37)(H2,29,30,31,34)/t21-/m0/s1. The van der Waals surface area contributed by atoms with Crippen molar-refractivity contribution in [3.05, 3.63) is 64.8 Å². The lowest BCUT2D eigenvalue weighted by molar-refractivity contribution is -0.131. The van der Waals surface area contributed by atoms with Crippen molar-refractivity contribution in [3.63, 3.8) is 0 Å². The summed E-state index contributed by atoms with van der Waals surface area (Å²) in [6, 6.07) is 13.6. The van der Waals surface area contributed by atoms with Crippen molar-refractivity contribution < 1.29 is 9.59 Å². The molecule has 2 aromatic carbocycles. The largest absolute Gasteiger partial charge is 0.340 e. The van der Waals surface area contributed by atoms with Gasteiger partial charge in [0, 0.05) is 42.1 Å². The van der Waals surface area contributed by atoms with Gasteiger partial charge in [-0.05, 0) is 73.6 Å². The average Bonchev–Trinajstić information content (AvgIpc) is 3.64. The number of rotatable bonds is 3. The van der Waals surface area contributed by atoms with Crippen molar-refractivity contribution in [1.82, 2.24) is 20.2 Å². The molecule has 3 aromatic rings. The molecule has 1 saturated carbocycles. The van der Waals surface area contributed by atoms with Crippen LogP contribution in [0.15, 0.2) is 48.7 Å². The summed E-state index contributed by atoms with van der Waals surface area (Å²) in [5.74, 6) is 1.37. The number of benzene rings is 2. The number of urea groups is 1. The van der Waals surface area contributed by atoms with Crippen LogP contribution in [0.5, 0.6) is 0 Å². The maximum atomic E-state index is 12.9. The predicted octanol–water partition coefficient (Wildman–Crippen LogP) is 4.85. The van der Waals surface area contributed by atoms with Gasteiger partial charge in [-0.3, -0.25) is 4.79 Å². The molecule has 9 nitrogen and oxygen atoms in total. The zero-order valence-corrected chi connectivity index (χ0v) is 21.0. The number of aryl methyl sites for hydroxylation is 2. The van der Waals surface area contributed by atoms with E-state index in [4.69, 9.17) is 11.6 Å². The topological polar surface area (TPSA) is 111 Å². The van der Waals surface area contributed by atoms with Crippen LogP contribution in [-0.2, 0) is 17.6 Å². The van der Waals surface area contributed by atoms with Crippen LogP contribution in [0.4, 0.5) is 33.6 Å². The predicted molar refractivity (Wildman–Crippen MR) is 144 cm³/mol. The maximum Gasteiger partial charge on any atom is 0.319 e. The number of carbonyl (C=O) groups is 2. The summed E-state index contributed by atoms with van der Waals surface area (Å²) in [6.45, 7) is 1.28. The Labute approximate surface area is 220 Å². The molecule has 3 amide bonds. The minimum Gasteiger partial charge on any atom is -0.340 e. The highest BCUT2D eigenvalue weighted by Gasteiger charge is 2.36. The number of hydrogen-bond acceptors (Lipinski definition) is 6. The molecule has 0 radical (unpaired) electrons. The van der Waals surface area contributed by atoms with Crippen LogP contribution in [0.1, 0.15) is 30.4 Å². The Morgan fingerprint density at radius 3 is 2.76 bits per heavy atom. The highest BCUT2D eigenvalue weighted by molar-refractivity contribution is 6.32. The van der Waals surface area contributed by atoms with Gasteiger partial charge in [-0.25, -0.2) is 9.78 Å². The average molecular weight is 518 g/mol. The van der Waals surface area contributed by atoms with Crippen LogP contribution in [-0.4, -0.2) is 45.9 Å². The van der Waals surface area contributed by atoms with E-state index in [-0.39, 0.29) is 23.9 Å². The van der Waals surface area contributed by atoms with Gasteiger partial charge >= 0.3 is 6.03 Å².